The molecule has 0 bridgehead atoms. The number of thioether (sulfide) groups is 1. The summed E-state index contributed by atoms with van der Waals surface area (Å²) in [5.41, 5.74) is 5.37. The van der Waals surface area contributed by atoms with E-state index in [4.69, 9.17) is 15.4 Å². The predicted octanol–water partition coefficient (Wildman–Crippen LogP) is 0.179. The molecule has 0 saturated heterocycles. The maximum atomic E-state index is 8.42. The molecule has 0 unspecified atom stereocenters. The third-order valence-electron chi connectivity index (χ3n) is 2.00. The Balaban J connectivity index is 2.04. The SMILES string of the molecule is CN=C(NC#N)NCCSCCc1cnc(N)o1. The van der Waals surface area contributed by atoms with Crippen LogP contribution in [-0.2, 0) is 6.42 Å². The van der Waals surface area contributed by atoms with Crippen molar-refractivity contribution >= 4 is 23.7 Å². The fraction of sp³-hybridized carbons (Fsp3) is 0.500. The number of nitrogens with zero attached hydrogens (tertiary/aromatic N) is 3. The third-order valence-corrected chi connectivity index (χ3v) is 2.99. The highest BCUT2D eigenvalue weighted by atomic mass is 32.2. The summed E-state index contributed by atoms with van der Waals surface area (Å²) < 4.78 is 5.15. The number of nitrogens with two attached hydrogens (primary N) is 1. The van der Waals surface area contributed by atoms with Crippen molar-refractivity contribution in [1.29, 1.82) is 5.26 Å². The van der Waals surface area contributed by atoms with Gasteiger partial charge in [0.15, 0.2) is 6.19 Å². The smallest absolute Gasteiger partial charge is 0.292 e. The lowest BCUT2D eigenvalue weighted by molar-refractivity contribution is 0.531. The fourth-order valence-corrected chi connectivity index (χ4v) is 1.98. The topological polar surface area (TPSA) is 112 Å². The molecule has 4 N–H and O–H groups in total. The minimum Gasteiger partial charge on any atom is -0.429 e. The molecule has 7 nitrogen and oxygen atoms in total. The lowest BCUT2D eigenvalue weighted by atomic mass is 10.4. The second-order valence-corrected chi connectivity index (χ2v) is 4.49. The van der Waals surface area contributed by atoms with Crippen LogP contribution in [0.3, 0.4) is 0 Å². The molecule has 18 heavy (non-hydrogen) atoms. The molecule has 0 fully saturated rings. The molecule has 0 aliphatic rings. The standard InChI is InChI=1S/C10H16N6OS/c1-13-10(16-7-11)14-3-5-18-4-2-8-6-15-9(12)17-8/h6H,2-5H2,1H3,(H2,12,15)(H2,13,14,16). The zero-order chi connectivity index (χ0) is 13.2. The maximum absolute atomic E-state index is 8.42. The van der Waals surface area contributed by atoms with Crippen LogP contribution in [0.25, 0.3) is 0 Å². The highest BCUT2D eigenvalue weighted by Crippen LogP contribution is 2.09. The van der Waals surface area contributed by atoms with Gasteiger partial charge in [-0.15, -0.1) is 0 Å². The van der Waals surface area contributed by atoms with E-state index in [2.05, 4.69) is 20.6 Å². The van der Waals surface area contributed by atoms with Crippen LogP contribution in [0, 0.1) is 11.5 Å². The third kappa shape index (κ3) is 5.45. The Morgan fingerprint density at radius 2 is 2.50 bits per heavy atom. The van der Waals surface area contributed by atoms with Crippen molar-refractivity contribution in [3.05, 3.63) is 12.0 Å². The molecule has 0 saturated carbocycles. The Hall–Kier alpha value is -1.88. The number of nitrogens with one attached hydrogen (secondary N) is 2. The van der Waals surface area contributed by atoms with Crippen LogP contribution in [0.2, 0.25) is 0 Å². The first-order chi connectivity index (χ1) is 8.76. The normalized spacial score (nSPS) is 11.0. The number of hydrogen-bond acceptors (Lipinski definition) is 6. The van der Waals surface area contributed by atoms with E-state index in [9.17, 15) is 0 Å². The maximum Gasteiger partial charge on any atom is 0.292 e. The number of nitrogen functional groups attached to an aromatic ring is 1. The summed E-state index contributed by atoms with van der Waals surface area (Å²) in [6.45, 7) is 0.741. The summed E-state index contributed by atoms with van der Waals surface area (Å²) >= 11 is 1.77. The molecular formula is C10H16N6OS. The van der Waals surface area contributed by atoms with Gasteiger partial charge in [0.25, 0.3) is 6.01 Å². The van der Waals surface area contributed by atoms with E-state index in [-0.39, 0.29) is 6.01 Å². The average Bonchev–Trinajstić information content (AvgIpc) is 2.78. The number of hydrogen-bond donors (Lipinski definition) is 3. The van der Waals surface area contributed by atoms with Gasteiger partial charge in [0.05, 0.1) is 6.20 Å². The van der Waals surface area contributed by atoms with E-state index < -0.39 is 0 Å². The monoisotopic (exact) mass is 268 g/mol. The fourth-order valence-electron chi connectivity index (χ4n) is 1.19. The van der Waals surface area contributed by atoms with E-state index in [0.717, 1.165) is 30.2 Å². The lowest BCUT2D eigenvalue weighted by Gasteiger charge is -2.06. The molecular weight excluding hydrogens is 252 g/mol. The number of rotatable bonds is 6. The molecule has 0 aromatic carbocycles. The van der Waals surface area contributed by atoms with Crippen LogP contribution >= 0.6 is 11.8 Å². The summed E-state index contributed by atoms with van der Waals surface area (Å²) in [5, 5.41) is 13.9. The number of anilines is 1. The van der Waals surface area contributed by atoms with Gasteiger partial charge in [-0.1, -0.05) is 0 Å². The molecule has 0 radical (unpaired) electrons. The van der Waals surface area contributed by atoms with Gasteiger partial charge in [-0.25, -0.2) is 4.98 Å². The number of nitriles is 1. The summed E-state index contributed by atoms with van der Waals surface area (Å²) in [6.07, 6.45) is 4.26. The number of guanidine groups is 1. The molecule has 0 aliphatic heterocycles. The quantitative estimate of drug-likeness (QED) is 0.222. The van der Waals surface area contributed by atoms with Crippen LogP contribution in [0.15, 0.2) is 15.6 Å². The van der Waals surface area contributed by atoms with E-state index in [1.165, 1.54) is 0 Å². The van der Waals surface area contributed by atoms with Gasteiger partial charge in [0, 0.05) is 31.5 Å². The van der Waals surface area contributed by atoms with Crippen molar-refractivity contribution in [3.8, 4) is 6.19 Å². The first kappa shape index (κ1) is 14.2. The number of aliphatic imine (C=N–C) groups is 1. The number of aryl methyl sites for hydroxylation is 1. The van der Waals surface area contributed by atoms with E-state index >= 15 is 0 Å². The van der Waals surface area contributed by atoms with Crippen molar-refractivity contribution in [2.75, 3.05) is 30.8 Å². The molecule has 0 aliphatic carbocycles. The Morgan fingerprint density at radius 1 is 1.67 bits per heavy atom. The van der Waals surface area contributed by atoms with Gasteiger partial charge in [0.1, 0.15) is 5.76 Å². The summed E-state index contributed by atoms with van der Waals surface area (Å²) in [5.74, 6) is 3.13. The predicted molar refractivity (Wildman–Crippen MR) is 72.1 cm³/mol. The molecule has 1 heterocycles. The van der Waals surface area contributed by atoms with E-state index in [0.29, 0.717) is 5.96 Å². The summed E-state index contributed by atoms with van der Waals surface area (Å²) in [4.78, 5) is 7.69. The first-order valence-corrected chi connectivity index (χ1v) is 6.55. The highest BCUT2D eigenvalue weighted by molar-refractivity contribution is 7.99. The highest BCUT2D eigenvalue weighted by Gasteiger charge is 2.00. The largest absolute Gasteiger partial charge is 0.429 e. The van der Waals surface area contributed by atoms with Crippen molar-refractivity contribution in [2.24, 2.45) is 4.99 Å². The number of oxazole rings is 1. The second-order valence-electron chi connectivity index (χ2n) is 3.26. The van der Waals surface area contributed by atoms with E-state index in [1.807, 2.05) is 6.19 Å². The minimum absolute atomic E-state index is 0.211. The van der Waals surface area contributed by atoms with Gasteiger partial charge < -0.3 is 15.5 Å². The van der Waals surface area contributed by atoms with Gasteiger partial charge in [-0.2, -0.15) is 17.0 Å². The van der Waals surface area contributed by atoms with Crippen molar-refractivity contribution in [2.45, 2.75) is 6.42 Å². The van der Waals surface area contributed by atoms with Crippen molar-refractivity contribution < 1.29 is 4.42 Å². The lowest BCUT2D eigenvalue weighted by Crippen LogP contribution is -2.35. The minimum atomic E-state index is 0.211. The molecule has 1 aromatic rings. The molecule has 8 heteroatoms. The molecule has 0 spiro atoms. The zero-order valence-electron chi connectivity index (χ0n) is 10.1. The molecule has 1 aromatic heterocycles. The van der Waals surface area contributed by atoms with Crippen molar-refractivity contribution in [1.82, 2.24) is 15.6 Å². The molecule has 1 rings (SSSR count). The van der Waals surface area contributed by atoms with Crippen molar-refractivity contribution in [3.63, 3.8) is 0 Å². The Bertz CT molecular complexity index is 424. The second kappa shape index (κ2) is 8.25. The van der Waals surface area contributed by atoms with Crippen LogP contribution in [0.4, 0.5) is 6.01 Å². The van der Waals surface area contributed by atoms with Gasteiger partial charge >= 0.3 is 0 Å². The first-order valence-electron chi connectivity index (χ1n) is 5.40. The van der Waals surface area contributed by atoms with E-state index in [1.54, 1.807) is 25.0 Å². The average molecular weight is 268 g/mol. The van der Waals surface area contributed by atoms with Gasteiger partial charge in [0.2, 0.25) is 5.96 Å². The summed E-state index contributed by atoms with van der Waals surface area (Å²) in [7, 11) is 1.62. The van der Waals surface area contributed by atoms with Gasteiger partial charge in [-0.3, -0.25) is 10.3 Å². The Labute approximate surface area is 110 Å². The molecule has 98 valence electrons. The van der Waals surface area contributed by atoms with Crippen LogP contribution < -0.4 is 16.4 Å². The van der Waals surface area contributed by atoms with Crippen LogP contribution in [0.1, 0.15) is 5.76 Å². The van der Waals surface area contributed by atoms with Gasteiger partial charge in [-0.05, 0) is 0 Å². The number of aromatic nitrogens is 1. The Morgan fingerprint density at radius 3 is 3.11 bits per heavy atom. The Kier molecular flexibility index (Phi) is 6.50. The van der Waals surface area contributed by atoms with Crippen LogP contribution in [-0.4, -0.2) is 36.0 Å². The molecule has 0 atom stereocenters. The molecule has 0 amide bonds. The summed E-state index contributed by atoms with van der Waals surface area (Å²) in [6, 6.07) is 0.211. The zero-order valence-corrected chi connectivity index (χ0v) is 11.0. The van der Waals surface area contributed by atoms with Crippen LogP contribution in [0.5, 0.6) is 0 Å².